The maximum absolute atomic E-state index is 10.1. The number of rotatable bonds is 1. The molecule has 1 aliphatic carbocycles. The summed E-state index contributed by atoms with van der Waals surface area (Å²) in [6.45, 7) is 7.04. The first-order valence-electron chi connectivity index (χ1n) is 5.24. The molecule has 3 nitrogen and oxygen atoms in total. The summed E-state index contributed by atoms with van der Waals surface area (Å²) in [6, 6.07) is 0. The van der Waals surface area contributed by atoms with Gasteiger partial charge in [-0.2, -0.15) is 0 Å². The molecule has 0 aromatic heterocycles. The lowest BCUT2D eigenvalue weighted by molar-refractivity contribution is 0.0591. The number of aliphatic hydroxyl groups excluding tert-OH is 2. The molecule has 3 atom stereocenters. The molecule has 0 saturated heterocycles. The van der Waals surface area contributed by atoms with Crippen LogP contribution in [0.5, 0.6) is 0 Å². The summed E-state index contributed by atoms with van der Waals surface area (Å²) in [5, 5.41) is 29.1. The van der Waals surface area contributed by atoms with Crippen LogP contribution < -0.4 is 0 Å². The van der Waals surface area contributed by atoms with Gasteiger partial charge in [0.15, 0.2) is 0 Å². The van der Waals surface area contributed by atoms with E-state index in [0.29, 0.717) is 12.0 Å². The summed E-state index contributed by atoms with van der Waals surface area (Å²) in [5.41, 5.74) is 2.05. The zero-order valence-electron chi connectivity index (χ0n) is 9.78. The van der Waals surface area contributed by atoms with Crippen molar-refractivity contribution in [2.75, 3.05) is 0 Å². The van der Waals surface area contributed by atoms with Crippen LogP contribution >= 0.6 is 0 Å². The first-order chi connectivity index (χ1) is 6.68. The quantitative estimate of drug-likeness (QED) is 0.568. The zero-order valence-corrected chi connectivity index (χ0v) is 9.78. The molecule has 15 heavy (non-hydrogen) atoms. The second-order valence-electron chi connectivity index (χ2n) is 5.14. The van der Waals surface area contributed by atoms with E-state index in [1.807, 2.05) is 13.8 Å². The predicted octanol–water partition coefficient (Wildman–Crippen LogP) is 0.990. The fourth-order valence-corrected chi connectivity index (χ4v) is 2.14. The molecule has 1 fully saturated rings. The molecule has 3 heteroatoms. The van der Waals surface area contributed by atoms with Crippen molar-refractivity contribution in [3.8, 4) is 0 Å². The summed E-state index contributed by atoms with van der Waals surface area (Å²) in [5.74, 6) is 0. The van der Waals surface area contributed by atoms with Crippen LogP contribution in [0.25, 0.3) is 0 Å². The summed E-state index contributed by atoms with van der Waals surface area (Å²) in [7, 11) is 0. The van der Waals surface area contributed by atoms with E-state index in [-0.39, 0.29) is 0 Å². The van der Waals surface area contributed by atoms with Gasteiger partial charge in [0.05, 0.1) is 17.8 Å². The lowest BCUT2D eigenvalue weighted by atomic mass is 9.82. The van der Waals surface area contributed by atoms with Crippen molar-refractivity contribution in [2.24, 2.45) is 5.41 Å². The predicted molar refractivity (Wildman–Crippen MR) is 58.3 cm³/mol. The van der Waals surface area contributed by atoms with Crippen molar-refractivity contribution < 1.29 is 15.3 Å². The van der Waals surface area contributed by atoms with E-state index in [9.17, 15) is 10.2 Å². The minimum absolute atomic E-state index is 0.315. The third-order valence-corrected chi connectivity index (χ3v) is 3.08. The van der Waals surface area contributed by atoms with Gasteiger partial charge >= 0.3 is 0 Å². The van der Waals surface area contributed by atoms with Gasteiger partial charge in [-0.05, 0) is 19.9 Å². The molecule has 0 aromatic carbocycles. The molecule has 3 N–H and O–H groups in total. The molecule has 0 aliphatic heterocycles. The molecule has 0 bridgehead atoms. The highest BCUT2D eigenvalue weighted by molar-refractivity contribution is 5.30. The Hall–Kier alpha value is -0.600. The van der Waals surface area contributed by atoms with Gasteiger partial charge in [-0.25, -0.2) is 0 Å². The van der Waals surface area contributed by atoms with Crippen LogP contribution in [0.3, 0.4) is 0 Å². The van der Waals surface area contributed by atoms with Gasteiger partial charge in [0.25, 0.3) is 0 Å². The van der Waals surface area contributed by atoms with E-state index >= 15 is 0 Å². The van der Waals surface area contributed by atoms with Gasteiger partial charge in [-0.1, -0.05) is 13.8 Å². The average molecular weight is 212 g/mol. The second kappa shape index (κ2) is 3.76. The fraction of sp³-hybridized carbons (Fsp3) is 0.750. The Morgan fingerprint density at radius 1 is 1.47 bits per heavy atom. The summed E-state index contributed by atoms with van der Waals surface area (Å²) in [4.78, 5) is 0. The van der Waals surface area contributed by atoms with E-state index < -0.39 is 23.2 Å². The molecule has 1 aliphatic rings. The Bertz CT molecular complexity index is 307. The largest absolute Gasteiger partial charge is 0.392 e. The van der Waals surface area contributed by atoms with Crippen molar-refractivity contribution in [3.05, 3.63) is 17.4 Å². The zero-order chi connectivity index (χ0) is 11.9. The Kier molecular flexibility index (Phi) is 3.13. The molecule has 1 saturated carbocycles. The van der Waals surface area contributed by atoms with Crippen LogP contribution in [0.2, 0.25) is 0 Å². The standard InChI is InChI=1S/C12H20O3/c1-8(13)5-6-9-11(2,3)10(14)7-12(9,4)15/h5,8,10,13-15H,7H2,1-4H3. The van der Waals surface area contributed by atoms with Crippen molar-refractivity contribution in [1.29, 1.82) is 0 Å². The molecule has 0 amide bonds. The van der Waals surface area contributed by atoms with Crippen LogP contribution in [0.15, 0.2) is 17.4 Å². The Balaban J connectivity index is 3.19. The van der Waals surface area contributed by atoms with Crippen LogP contribution in [0.1, 0.15) is 34.1 Å². The Morgan fingerprint density at radius 2 is 2.00 bits per heavy atom. The van der Waals surface area contributed by atoms with Gasteiger partial charge < -0.3 is 15.3 Å². The van der Waals surface area contributed by atoms with E-state index in [1.165, 1.54) is 6.08 Å². The van der Waals surface area contributed by atoms with Crippen molar-refractivity contribution in [1.82, 2.24) is 0 Å². The molecule has 0 aromatic rings. The van der Waals surface area contributed by atoms with Gasteiger partial charge in [0.1, 0.15) is 0 Å². The number of hydrogen-bond acceptors (Lipinski definition) is 3. The lowest BCUT2D eigenvalue weighted by Gasteiger charge is -2.25. The highest BCUT2D eigenvalue weighted by atomic mass is 16.3. The lowest BCUT2D eigenvalue weighted by Crippen LogP contribution is -2.26. The van der Waals surface area contributed by atoms with Crippen molar-refractivity contribution >= 4 is 0 Å². The van der Waals surface area contributed by atoms with E-state index in [0.717, 1.165) is 0 Å². The maximum atomic E-state index is 10.1. The van der Waals surface area contributed by atoms with Gasteiger partial charge in [-0.3, -0.25) is 0 Å². The fourth-order valence-electron chi connectivity index (χ4n) is 2.14. The Labute approximate surface area is 90.8 Å². The monoisotopic (exact) mass is 212 g/mol. The van der Waals surface area contributed by atoms with Crippen LogP contribution in [0, 0.1) is 5.41 Å². The van der Waals surface area contributed by atoms with Crippen LogP contribution in [0.4, 0.5) is 0 Å². The normalized spacial score (nSPS) is 36.2. The minimum Gasteiger partial charge on any atom is -0.392 e. The molecule has 86 valence electrons. The van der Waals surface area contributed by atoms with Gasteiger partial charge in [-0.15, -0.1) is 5.73 Å². The van der Waals surface area contributed by atoms with Crippen molar-refractivity contribution in [3.63, 3.8) is 0 Å². The summed E-state index contributed by atoms with van der Waals surface area (Å²) in [6.07, 6.45) is 0.652. The van der Waals surface area contributed by atoms with Crippen molar-refractivity contribution in [2.45, 2.75) is 51.9 Å². The van der Waals surface area contributed by atoms with Crippen LogP contribution in [-0.2, 0) is 0 Å². The molecular weight excluding hydrogens is 192 g/mol. The highest BCUT2D eigenvalue weighted by Crippen LogP contribution is 2.47. The second-order valence-corrected chi connectivity index (χ2v) is 5.14. The molecule has 0 spiro atoms. The molecule has 0 radical (unpaired) electrons. The SMILES string of the molecule is CC(O)C=C=C1C(C)(O)CC(O)C1(C)C. The third-order valence-electron chi connectivity index (χ3n) is 3.08. The summed E-state index contributed by atoms with van der Waals surface area (Å²) >= 11 is 0. The number of aliphatic hydroxyl groups is 3. The number of hydrogen-bond donors (Lipinski definition) is 3. The minimum atomic E-state index is -1.03. The van der Waals surface area contributed by atoms with Gasteiger partial charge in [0.2, 0.25) is 0 Å². The van der Waals surface area contributed by atoms with E-state index in [4.69, 9.17) is 5.11 Å². The van der Waals surface area contributed by atoms with Crippen LogP contribution in [-0.4, -0.2) is 33.1 Å². The van der Waals surface area contributed by atoms with E-state index in [2.05, 4.69) is 5.73 Å². The molecular formula is C12H20O3. The third kappa shape index (κ3) is 2.32. The highest BCUT2D eigenvalue weighted by Gasteiger charge is 2.50. The maximum Gasteiger partial charge on any atom is 0.0933 e. The molecule has 0 heterocycles. The average Bonchev–Trinajstić information content (AvgIpc) is 2.15. The smallest absolute Gasteiger partial charge is 0.0933 e. The van der Waals surface area contributed by atoms with Gasteiger partial charge in [0, 0.05) is 17.4 Å². The first kappa shape index (κ1) is 12.5. The first-order valence-corrected chi connectivity index (χ1v) is 5.24. The Morgan fingerprint density at radius 3 is 2.33 bits per heavy atom. The molecule has 3 unspecified atom stereocenters. The topological polar surface area (TPSA) is 60.7 Å². The molecule has 1 rings (SSSR count). The van der Waals surface area contributed by atoms with E-state index in [1.54, 1.807) is 13.8 Å². The summed E-state index contributed by atoms with van der Waals surface area (Å²) < 4.78 is 0.